The first-order valence-electron chi connectivity index (χ1n) is 9.80. The van der Waals surface area contributed by atoms with E-state index in [0.29, 0.717) is 30.6 Å². The normalized spacial score (nSPS) is 49.1. The lowest BCUT2D eigenvalue weighted by Gasteiger charge is -2.59. The van der Waals surface area contributed by atoms with E-state index in [9.17, 15) is 14.7 Å². The molecule has 3 nitrogen and oxygen atoms in total. The molecule has 3 heteroatoms. The molecule has 0 saturated heterocycles. The van der Waals surface area contributed by atoms with Crippen molar-refractivity contribution in [2.45, 2.75) is 71.3 Å². The van der Waals surface area contributed by atoms with Crippen LogP contribution in [0, 0.1) is 28.6 Å². The lowest BCUT2D eigenvalue weighted by atomic mass is 9.45. The molecule has 4 aliphatic carbocycles. The van der Waals surface area contributed by atoms with Gasteiger partial charge in [0.1, 0.15) is 5.60 Å². The van der Waals surface area contributed by atoms with Crippen molar-refractivity contribution < 1.29 is 14.7 Å². The molecule has 0 bridgehead atoms. The standard InChI is InChI=1S/C22H30O3/c1-13-11-16-17(20(3)8-5-15(24)12-19(13)20)6-9-21(4)18(16)7-10-22(21,25)14(2)23/h12,16-18,25H,1,5-11H2,2-4H3/t16-,17+,18-,20-,21+,22-/m1/s1. The number of allylic oxidation sites excluding steroid dienone is 2. The Morgan fingerprint density at radius 1 is 1.20 bits per heavy atom. The first kappa shape index (κ1) is 17.2. The maximum absolute atomic E-state index is 12.3. The maximum atomic E-state index is 12.3. The van der Waals surface area contributed by atoms with Gasteiger partial charge in [-0.05, 0) is 80.3 Å². The molecule has 0 spiro atoms. The van der Waals surface area contributed by atoms with Crippen LogP contribution in [0.1, 0.15) is 65.7 Å². The highest BCUT2D eigenvalue weighted by molar-refractivity contribution is 5.92. The Morgan fingerprint density at radius 2 is 1.88 bits per heavy atom. The van der Waals surface area contributed by atoms with Crippen LogP contribution < -0.4 is 0 Å². The second-order valence-electron chi connectivity index (χ2n) is 9.54. The molecule has 0 amide bonds. The van der Waals surface area contributed by atoms with E-state index in [-0.39, 0.29) is 22.4 Å². The van der Waals surface area contributed by atoms with Crippen molar-refractivity contribution in [2.24, 2.45) is 28.6 Å². The molecule has 6 atom stereocenters. The highest BCUT2D eigenvalue weighted by Crippen LogP contribution is 2.68. The van der Waals surface area contributed by atoms with Crippen LogP contribution in [0.3, 0.4) is 0 Å². The Balaban J connectivity index is 1.75. The van der Waals surface area contributed by atoms with Crippen LogP contribution in [0.25, 0.3) is 0 Å². The Morgan fingerprint density at radius 3 is 2.56 bits per heavy atom. The third-order valence-corrected chi connectivity index (χ3v) is 8.66. The quantitative estimate of drug-likeness (QED) is 0.783. The minimum absolute atomic E-state index is 0.0339. The second-order valence-corrected chi connectivity index (χ2v) is 9.54. The molecule has 0 aromatic rings. The molecule has 4 rings (SSSR count). The van der Waals surface area contributed by atoms with Crippen LogP contribution in [-0.2, 0) is 9.59 Å². The summed E-state index contributed by atoms with van der Waals surface area (Å²) in [6.45, 7) is 10.3. The summed E-state index contributed by atoms with van der Waals surface area (Å²) in [6, 6.07) is 0. The molecule has 136 valence electrons. The minimum atomic E-state index is -1.16. The van der Waals surface area contributed by atoms with Gasteiger partial charge in [0, 0.05) is 11.8 Å². The Hall–Kier alpha value is -1.22. The highest BCUT2D eigenvalue weighted by Gasteiger charge is 2.65. The van der Waals surface area contributed by atoms with Crippen LogP contribution in [-0.4, -0.2) is 22.3 Å². The molecule has 3 saturated carbocycles. The summed E-state index contributed by atoms with van der Waals surface area (Å²) in [5, 5.41) is 11.2. The van der Waals surface area contributed by atoms with Gasteiger partial charge in [0.05, 0.1) is 0 Å². The van der Waals surface area contributed by atoms with Gasteiger partial charge in [-0.25, -0.2) is 0 Å². The molecular weight excluding hydrogens is 312 g/mol. The van der Waals surface area contributed by atoms with Gasteiger partial charge >= 0.3 is 0 Å². The predicted octanol–water partition coefficient (Wildman–Crippen LogP) is 4.00. The van der Waals surface area contributed by atoms with E-state index in [1.165, 1.54) is 5.57 Å². The zero-order valence-electron chi connectivity index (χ0n) is 15.7. The lowest BCUT2D eigenvalue weighted by molar-refractivity contribution is -0.159. The van der Waals surface area contributed by atoms with Crippen LogP contribution in [0.5, 0.6) is 0 Å². The molecule has 0 aromatic carbocycles. The third kappa shape index (κ3) is 2.02. The maximum Gasteiger partial charge on any atom is 0.161 e. The number of aliphatic hydroxyl groups is 1. The van der Waals surface area contributed by atoms with Gasteiger partial charge in [0.15, 0.2) is 11.6 Å². The van der Waals surface area contributed by atoms with Crippen LogP contribution in [0.2, 0.25) is 0 Å². The topological polar surface area (TPSA) is 54.4 Å². The monoisotopic (exact) mass is 342 g/mol. The van der Waals surface area contributed by atoms with Crippen molar-refractivity contribution in [3.8, 4) is 0 Å². The number of Topliss-reactive ketones (excluding diaryl/α,β-unsaturated/α-hetero) is 1. The van der Waals surface area contributed by atoms with Gasteiger partial charge in [0.25, 0.3) is 0 Å². The molecule has 25 heavy (non-hydrogen) atoms. The predicted molar refractivity (Wildman–Crippen MR) is 96.9 cm³/mol. The Labute approximate surface area is 150 Å². The van der Waals surface area contributed by atoms with Crippen molar-refractivity contribution in [2.75, 3.05) is 0 Å². The number of carbonyl (C=O) groups is 2. The van der Waals surface area contributed by atoms with E-state index in [4.69, 9.17) is 0 Å². The zero-order valence-corrected chi connectivity index (χ0v) is 15.7. The molecule has 0 heterocycles. The van der Waals surface area contributed by atoms with E-state index in [1.54, 1.807) is 6.92 Å². The largest absolute Gasteiger partial charge is 0.382 e. The van der Waals surface area contributed by atoms with Crippen molar-refractivity contribution in [3.63, 3.8) is 0 Å². The lowest BCUT2D eigenvalue weighted by Crippen LogP contribution is -2.57. The van der Waals surface area contributed by atoms with Gasteiger partial charge in [-0.1, -0.05) is 26.0 Å². The van der Waals surface area contributed by atoms with E-state index in [2.05, 4.69) is 20.4 Å². The number of hydrogen-bond donors (Lipinski definition) is 1. The fourth-order valence-electron chi connectivity index (χ4n) is 7.16. The van der Waals surface area contributed by atoms with Gasteiger partial charge in [-0.2, -0.15) is 0 Å². The number of rotatable bonds is 1. The van der Waals surface area contributed by atoms with Gasteiger partial charge in [0.2, 0.25) is 0 Å². The van der Waals surface area contributed by atoms with E-state index in [0.717, 1.165) is 37.7 Å². The average molecular weight is 342 g/mol. The molecular formula is C22H30O3. The van der Waals surface area contributed by atoms with Crippen LogP contribution in [0.4, 0.5) is 0 Å². The summed E-state index contributed by atoms with van der Waals surface area (Å²) in [5.74, 6) is 1.54. The third-order valence-electron chi connectivity index (χ3n) is 8.66. The van der Waals surface area contributed by atoms with E-state index in [1.807, 2.05) is 6.08 Å². The van der Waals surface area contributed by atoms with Crippen LogP contribution in [0.15, 0.2) is 23.8 Å². The molecule has 0 aromatic heterocycles. The van der Waals surface area contributed by atoms with Crippen molar-refractivity contribution in [3.05, 3.63) is 23.8 Å². The van der Waals surface area contributed by atoms with E-state index < -0.39 is 5.60 Å². The first-order valence-corrected chi connectivity index (χ1v) is 9.80. The zero-order chi connectivity index (χ0) is 18.2. The summed E-state index contributed by atoms with van der Waals surface area (Å²) in [7, 11) is 0. The second kappa shape index (κ2) is 5.16. The number of carbonyl (C=O) groups excluding carboxylic acids is 2. The average Bonchev–Trinajstić information content (AvgIpc) is 2.83. The van der Waals surface area contributed by atoms with Crippen molar-refractivity contribution in [1.29, 1.82) is 0 Å². The number of fused-ring (bicyclic) bond motifs is 5. The fraction of sp³-hybridized carbons (Fsp3) is 0.727. The van der Waals surface area contributed by atoms with Gasteiger partial charge in [-0.15, -0.1) is 0 Å². The highest BCUT2D eigenvalue weighted by atomic mass is 16.3. The first-order chi connectivity index (χ1) is 11.6. The summed E-state index contributed by atoms with van der Waals surface area (Å²) >= 11 is 0. The van der Waals surface area contributed by atoms with Gasteiger partial charge in [-0.3, -0.25) is 9.59 Å². The number of ketones is 2. The molecule has 0 unspecified atom stereocenters. The SMILES string of the molecule is C=C1C[C@H]2[C@H]3CC[C@@](O)(C(C)=O)[C@@]3(C)CC[C@@H]2[C@@]2(C)CCC(=O)C=C12. The molecule has 3 fully saturated rings. The fourth-order valence-corrected chi connectivity index (χ4v) is 7.16. The molecule has 4 aliphatic rings. The molecule has 0 aliphatic heterocycles. The van der Waals surface area contributed by atoms with E-state index >= 15 is 0 Å². The molecule has 1 N–H and O–H groups in total. The minimum Gasteiger partial charge on any atom is -0.382 e. The summed E-state index contributed by atoms with van der Waals surface area (Å²) in [5.41, 5.74) is 0.852. The summed E-state index contributed by atoms with van der Waals surface area (Å²) < 4.78 is 0. The smallest absolute Gasteiger partial charge is 0.161 e. The van der Waals surface area contributed by atoms with Crippen LogP contribution >= 0.6 is 0 Å². The molecule has 0 radical (unpaired) electrons. The summed E-state index contributed by atoms with van der Waals surface area (Å²) in [6.07, 6.45) is 7.77. The summed E-state index contributed by atoms with van der Waals surface area (Å²) in [4.78, 5) is 24.2. The Kier molecular flexibility index (Phi) is 3.55. The van der Waals surface area contributed by atoms with Gasteiger partial charge < -0.3 is 5.11 Å². The Bertz CT molecular complexity index is 704. The number of hydrogen-bond acceptors (Lipinski definition) is 3. The van der Waals surface area contributed by atoms with Crippen molar-refractivity contribution in [1.82, 2.24) is 0 Å². The van der Waals surface area contributed by atoms with Crippen molar-refractivity contribution >= 4 is 11.6 Å².